The van der Waals surface area contributed by atoms with Gasteiger partial charge in [-0.05, 0) is 36.8 Å². The van der Waals surface area contributed by atoms with Gasteiger partial charge in [-0.3, -0.25) is 10.2 Å². The lowest BCUT2D eigenvalue weighted by Crippen LogP contribution is -2.37. The Hall–Kier alpha value is -3.31. The molecular formula is C21H14ClF4N3O3S. The van der Waals surface area contributed by atoms with Crippen LogP contribution in [-0.2, 0) is 16.2 Å². The summed E-state index contributed by atoms with van der Waals surface area (Å²) < 4.78 is 81.1. The molecule has 1 amide bonds. The number of amides is 1. The fourth-order valence-electron chi connectivity index (χ4n) is 3.37. The summed E-state index contributed by atoms with van der Waals surface area (Å²) in [7, 11) is -4.68. The van der Waals surface area contributed by atoms with Gasteiger partial charge in [0.1, 0.15) is 10.7 Å². The number of benzene rings is 2. The van der Waals surface area contributed by atoms with Crippen molar-refractivity contribution in [3.63, 3.8) is 0 Å². The van der Waals surface area contributed by atoms with E-state index in [4.69, 9.17) is 11.6 Å². The van der Waals surface area contributed by atoms with Crippen LogP contribution in [0.1, 0.15) is 22.3 Å². The van der Waals surface area contributed by atoms with E-state index in [1.54, 1.807) is 6.08 Å². The van der Waals surface area contributed by atoms with Crippen LogP contribution in [0.5, 0.6) is 0 Å². The summed E-state index contributed by atoms with van der Waals surface area (Å²) in [6, 6.07) is 7.54. The molecule has 172 valence electrons. The highest BCUT2D eigenvalue weighted by Crippen LogP contribution is 2.38. The van der Waals surface area contributed by atoms with Gasteiger partial charge in [-0.25, -0.2) is 4.39 Å². The standard InChI is InChI=1S/C21H14ClF4N3O3S/c22-15-5-3-6-16(23)19(15)20(30)28-13-9-8-12-11-27-29(17(12)10-13)33(31,32)18-7-2-1-4-14(18)21(24,25)26/h1-7,9-11,27H,8H2,(H,28,30). The first-order valence-corrected chi connectivity index (χ1v) is 11.2. The van der Waals surface area contributed by atoms with Crippen LogP contribution in [0.25, 0.3) is 0 Å². The molecule has 0 atom stereocenters. The second kappa shape index (κ2) is 8.23. The molecule has 4 rings (SSSR count). The molecule has 0 saturated heterocycles. The van der Waals surface area contributed by atoms with Gasteiger partial charge < -0.3 is 5.32 Å². The summed E-state index contributed by atoms with van der Waals surface area (Å²) in [6.45, 7) is 0. The number of hydrazine groups is 1. The van der Waals surface area contributed by atoms with Gasteiger partial charge in [0.05, 0.1) is 21.8 Å². The Bertz CT molecular complexity index is 1330. The van der Waals surface area contributed by atoms with Crippen molar-refractivity contribution in [3.8, 4) is 0 Å². The van der Waals surface area contributed by atoms with E-state index in [-0.39, 0.29) is 22.8 Å². The van der Waals surface area contributed by atoms with Crippen LogP contribution in [0.2, 0.25) is 5.02 Å². The van der Waals surface area contributed by atoms with E-state index in [1.165, 1.54) is 30.5 Å². The highest BCUT2D eigenvalue weighted by Gasteiger charge is 2.41. The largest absolute Gasteiger partial charge is 0.417 e. The van der Waals surface area contributed by atoms with Gasteiger partial charge in [-0.15, -0.1) is 0 Å². The summed E-state index contributed by atoms with van der Waals surface area (Å²) in [5, 5.41) is 2.32. The zero-order valence-electron chi connectivity index (χ0n) is 16.5. The molecule has 0 bridgehead atoms. The summed E-state index contributed by atoms with van der Waals surface area (Å²) in [5.74, 6) is -1.71. The molecule has 0 fully saturated rings. The molecule has 12 heteroatoms. The van der Waals surface area contributed by atoms with Crippen LogP contribution in [0.15, 0.2) is 82.7 Å². The normalized spacial score (nSPS) is 15.8. The number of alkyl halides is 3. The molecule has 2 aliphatic rings. The van der Waals surface area contributed by atoms with E-state index in [1.807, 2.05) is 0 Å². The zero-order valence-corrected chi connectivity index (χ0v) is 18.0. The maximum atomic E-state index is 14.0. The van der Waals surface area contributed by atoms with Crippen molar-refractivity contribution < 1.29 is 30.8 Å². The molecule has 0 unspecified atom stereocenters. The first kappa shape index (κ1) is 22.9. The summed E-state index contributed by atoms with van der Waals surface area (Å²) in [6.07, 6.45) is -0.591. The third-order valence-electron chi connectivity index (χ3n) is 4.90. The van der Waals surface area contributed by atoms with Crippen molar-refractivity contribution >= 4 is 27.5 Å². The highest BCUT2D eigenvalue weighted by atomic mass is 35.5. The zero-order chi connectivity index (χ0) is 24.0. The minimum absolute atomic E-state index is 0.0180. The van der Waals surface area contributed by atoms with Crippen LogP contribution in [0, 0.1) is 5.82 Å². The highest BCUT2D eigenvalue weighted by molar-refractivity contribution is 7.89. The first-order valence-electron chi connectivity index (χ1n) is 9.34. The van der Waals surface area contributed by atoms with E-state index in [2.05, 4.69) is 10.7 Å². The molecule has 2 N–H and O–H groups in total. The minimum Gasteiger partial charge on any atom is -0.322 e. The number of fused-ring (bicyclic) bond motifs is 1. The Morgan fingerprint density at radius 3 is 2.55 bits per heavy atom. The third-order valence-corrected chi connectivity index (χ3v) is 6.91. The Labute approximate surface area is 190 Å². The molecule has 1 aliphatic carbocycles. The number of carbonyl (C=O) groups is 1. The van der Waals surface area contributed by atoms with Crippen molar-refractivity contribution in [3.05, 3.63) is 99.8 Å². The number of nitrogens with one attached hydrogen (secondary N) is 2. The number of hydrogen-bond acceptors (Lipinski definition) is 4. The van der Waals surface area contributed by atoms with E-state index < -0.39 is 43.9 Å². The maximum Gasteiger partial charge on any atom is 0.417 e. The van der Waals surface area contributed by atoms with E-state index in [0.29, 0.717) is 16.1 Å². The molecule has 0 saturated carbocycles. The number of carbonyl (C=O) groups excluding carboxylic acids is 1. The topological polar surface area (TPSA) is 78.5 Å². The van der Waals surface area contributed by atoms with Crippen molar-refractivity contribution in [2.75, 3.05) is 0 Å². The van der Waals surface area contributed by atoms with Gasteiger partial charge in [0.2, 0.25) is 0 Å². The third kappa shape index (κ3) is 4.21. The molecule has 6 nitrogen and oxygen atoms in total. The Morgan fingerprint density at radius 2 is 1.85 bits per heavy atom. The maximum absolute atomic E-state index is 14.0. The average Bonchev–Trinajstić information content (AvgIpc) is 3.17. The molecule has 2 aromatic carbocycles. The number of halogens is 5. The van der Waals surface area contributed by atoms with Crippen LogP contribution < -0.4 is 10.7 Å². The predicted molar refractivity (Wildman–Crippen MR) is 111 cm³/mol. The average molecular weight is 500 g/mol. The molecule has 2 aromatic rings. The Balaban J connectivity index is 1.66. The fourth-order valence-corrected chi connectivity index (χ4v) is 5.15. The van der Waals surface area contributed by atoms with Crippen molar-refractivity contribution in [1.82, 2.24) is 15.2 Å². The lowest BCUT2D eigenvalue weighted by molar-refractivity contribution is -0.139. The van der Waals surface area contributed by atoms with Gasteiger partial charge in [0.15, 0.2) is 0 Å². The second-order valence-electron chi connectivity index (χ2n) is 7.01. The van der Waals surface area contributed by atoms with E-state index >= 15 is 0 Å². The van der Waals surface area contributed by atoms with E-state index in [9.17, 15) is 30.8 Å². The monoisotopic (exact) mass is 499 g/mol. The quantitative estimate of drug-likeness (QED) is 0.608. The number of nitrogens with zero attached hydrogens (tertiary/aromatic N) is 1. The minimum atomic E-state index is -4.89. The van der Waals surface area contributed by atoms with Crippen LogP contribution in [-0.4, -0.2) is 18.7 Å². The van der Waals surface area contributed by atoms with Gasteiger partial charge in [0, 0.05) is 17.5 Å². The predicted octanol–water partition coefficient (Wildman–Crippen LogP) is 4.49. The molecule has 33 heavy (non-hydrogen) atoms. The molecule has 0 spiro atoms. The van der Waals surface area contributed by atoms with Crippen molar-refractivity contribution in [1.29, 1.82) is 0 Å². The van der Waals surface area contributed by atoms with E-state index in [0.717, 1.165) is 18.2 Å². The summed E-state index contributed by atoms with van der Waals surface area (Å²) in [4.78, 5) is 11.6. The van der Waals surface area contributed by atoms with Crippen LogP contribution >= 0.6 is 11.6 Å². The lowest BCUT2D eigenvalue weighted by Gasteiger charge is -2.25. The Morgan fingerprint density at radius 1 is 1.12 bits per heavy atom. The SMILES string of the molecule is O=C(NC1=CCC2=CNN(S(=O)(=O)c3ccccc3C(F)(F)F)C2=C1)c1c(F)cccc1Cl. The molecule has 0 aromatic heterocycles. The van der Waals surface area contributed by atoms with Gasteiger partial charge >= 0.3 is 6.18 Å². The van der Waals surface area contributed by atoms with Gasteiger partial charge in [-0.1, -0.05) is 35.9 Å². The molecule has 0 radical (unpaired) electrons. The number of hydrogen-bond donors (Lipinski definition) is 2. The number of allylic oxidation sites excluding steroid dienone is 3. The van der Waals surface area contributed by atoms with Gasteiger partial charge in [0.25, 0.3) is 15.9 Å². The first-order chi connectivity index (χ1) is 15.5. The lowest BCUT2D eigenvalue weighted by atomic mass is 10.0. The molecular weight excluding hydrogens is 486 g/mol. The van der Waals surface area contributed by atoms with Gasteiger partial charge in [-0.2, -0.15) is 26.0 Å². The molecule has 1 heterocycles. The summed E-state index contributed by atoms with van der Waals surface area (Å²) in [5.41, 5.74) is 1.36. The van der Waals surface area contributed by atoms with Crippen molar-refractivity contribution in [2.24, 2.45) is 0 Å². The summed E-state index contributed by atoms with van der Waals surface area (Å²) >= 11 is 5.90. The fraction of sp³-hybridized carbons (Fsp3) is 0.0952. The Kier molecular flexibility index (Phi) is 5.71. The number of sulfonamides is 1. The molecule has 1 aliphatic heterocycles. The van der Waals surface area contributed by atoms with Crippen LogP contribution in [0.3, 0.4) is 0 Å². The van der Waals surface area contributed by atoms with Crippen molar-refractivity contribution in [2.45, 2.75) is 17.5 Å². The smallest absolute Gasteiger partial charge is 0.322 e. The second-order valence-corrected chi connectivity index (χ2v) is 9.17. The van der Waals surface area contributed by atoms with Crippen LogP contribution in [0.4, 0.5) is 17.6 Å². The number of rotatable bonds is 4.